The van der Waals surface area contributed by atoms with Gasteiger partial charge in [-0.05, 0) is 32.5 Å². The minimum atomic E-state index is -0.297. The molecule has 0 unspecified atom stereocenters. The molecule has 1 heterocycles. The van der Waals surface area contributed by atoms with E-state index >= 15 is 0 Å². The predicted molar refractivity (Wildman–Crippen MR) is 63.0 cm³/mol. The summed E-state index contributed by atoms with van der Waals surface area (Å²) in [5.74, 6) is 0. The van der Waals surface area contributed by atoms with Gasteiger partial charge in [-0.15, -0.1) is 0 Å². The second kappa shape index (κ2) is 7.33. The van der Waals surface area contributed by atoms with Crippen LogP contribution in [0.15, 0.2) is 18.3 Å². The molecule has 0 aliphatic carbocycles. The van der Waals surface area contributed by atoms with Gasteiger partial charge in [0.15, 0.2) is 6.29 Å². The van der Waals surface area contributed by atoms with Gasteiger partial charge in [0.05, 0.1) is 0 Å². The van der Waals surface area contributed by atoms with E-state index in [1.807, 2.05) is 26.0 Å². The fourth-order valence-corrected chi connectivity index (χ4v) is 1.47. The van der Waals surface area contributed by atoms with E-state index in [1.54, 1.807) is 6.20 Å². The molecule has 2 N–H and O–H groups in total. The van der Waals surface area contributed by atoms with Crippen LogP contribution in [0.2, 0.25) is 0 Å². The third kappa shape index (κ3) is 3.89. The highest BCUT2D eigenvalue weighted by Gasteiger charge is 2.11. The summed E-state index contributed by atoms with van der Waals surface area (Å²) in [4.78, 5) is 4.24. The predicted octanol–water partition coefficient (Wildman–Crippen LogP) is 1.65. The maximum atomic E-state index is 5.52. The molecule has 0 aromatic carbocycles. The summed E-state index contributed by atoms with van der Waals surface area (Å²) in [6.45, 7) is 5.75. The lowest BCUT2D eigenvalue weighted by Crippen LogP contribution is -2.10. The molecule has 0 amide bonds. The Balaban J connectivity index is 2.77. The van der Waals surface area contributed by atoms with E-state index < -0.39 is 0 Å². The van der Waals surface area contributed by atoms with Crippen LogP contribution in [0.5, 0.6) is 0 Å². The van der Waals surface area contributed by atoms with Crippen molar-refractivity contribution < 1.29 is 9.47 Å². The van der Waals surface area contributed by atoms with Crippen LogP contribution in [0.3, 0.4) is 0 Å². The molecular formula is C12H20N2O2. The number of pyridine rings is 1. The quantitative estimate of drug-likeness (QED) is 0.715. The van der Waals surface area contributed by atoms with Gasteiger partial charge < -0.3 is 15.2 Å². The number of nitrogens with zero attached hydrogens (tertiary/aromatic N) is 1. The second-order valence-corrected chi connectivity index (χ2v) is 3.36. The molecule has 0 spiro atoms. The van der Waals surface area contributed by atoms with E-state index in [4.69, 9.17) is 15.2 Å². The van der Waals surface area contributed by atoms with Gasteiger partial charge in [-0.3, -0.25) is 4.98 Å². The van der Waals surface area contributed by atoms with Crippen LogP contribution in [0.25, 0.3) is 0 Å². The lowest BCUT2D eigenvalue weighted by molar-refractivity contribution is -0.140. The lowest BCUT2D eigenvalue weighted by Gasteiger charge is -2.17. The summed E-state index contributed by atoms with van der Waals surface area (Å²) < 4.78 is 11.0. The molecule has 0 fully saturated rings. The Kier molecular flexibility index (Phi) is 6.00. The molecule has 0 radical (unpaired) electrons. The van der Waals surface area contributed by atoms with Crippen molar-refractivity contribution in [3.05, 3.63) is 29.6 Å². The fourth-order valence-electron chi connectivity index (χ4n) is 1.47. The first-order valence-corrected chi connectivity index (χ1v) is 5.69. The first kappa shape index (κ1) is 13.1. The van der Waals surface area contributed by atoms with Crippen LogP contribution in [0, 0.1) is 0 Å². The average Bonchev–Trinajstić information content (AvgIpc) is 2.30. The molecular weight excluding hydrogens is 204 g/mol. The minimum Gasteiger partial charge on any atom is -0.349 e. The van der Waals surface area contributed by atoms with Crippen molar-refractivity contribution in [1.82, 2.24) is 4.98 Å². The first-order valence-electron chi connectivity index (χ1n) is 5.69. The zero-order chi connectivity index (χ0) is 11.8. The number of ether oxygens (including phenoxy) is 2. The zero-order valence-corrected chi connectivity index (χ0v) is 9.98. The first-order chi connectivity index (χ1) is 7.81. The molecule has 4 heteroatoms. The Morgan fingerprint density at radius 1 is 1.31 bits per heavy atom. The maximum absolute atomic E-state index is 5.52. The van der Waals surface area contributed by atoms with Gasteiger partial charge >= 0.3 is 0 Å². The highest BCUT2D eigenvalue weighted by molar-refractivity contribution is 5.18. The third-order valence-electron chi connectivity index (χ3n) is 2.15. The molecule has 0 saturated heterocycles. The Labute approximate surface area is 96.8 Å². The van der Waals surface area contributed by atoms with Crippen molar-refractivity contribution in [2.75, 3.05) is 19.8 Å². The van der Waals surface area contributed by atoms with Crippen LogP contribution in [0.1, 0.15) is 31.4 Å². The summed E-state index contributed by atoms with van der Waals surface area (Å²) in [5.41, 5.74) is 7.48. The van der Waals surface area contributed by atoms with Crippen LogP contribution in [-0.2, 0) is 15.9 Å². The lowest BCUT2D eigenvalue weighted by atomic mass is 10.2. The van der Waals surface area contributed by atoms with Gasteiger partial charge in [0.25, 0.3) is 0 Å². The zero-order valence-electron chi connectivity index (χ0n) is 9.98. The van der Waals surface area contributed by atoms with Gasteiger partial charge in [0.1, 0.15) is 0 Å². The van der Waals surface area contributed by atoms with Crippen molar-refractivity contribution in [2.45, 2.75) is 26.6 Å². The van der Waals surface area contributed by atoms with E-state index in [0.717, 1.165) is 17.7 Å². The number of nitrogens with two attached hydrogens (primary N) is 1. The van der Waals surface area contributed by atoms with E-state index in [1.165, 1.54) is 0 Å². The van der Waals surface area contributed by atoms with Crippen molar-refractivity contribution in [3.8, 4) is 0 Å². The molecule has 0 atom stereocenters. The number of aromatic nitrogens is 1. The van der Waals surface area contributed by atoms with E-state index in [0.29, 0.717) is 19.8 Å². The molecule has 0 aliphatic rings. The van der Waals surface area contributed by atoms with Gasteiger partial charge in [0.2, 0.25) is 0 Å². The largest absolute Gasteiger partial charge is 0.349 e. The van der Waals surface area contributed by atoms with Crippen molar-refractivity contribution >= 4 is 0 Å². The summed E-state index contributed by atoms with van der Waals surface area (Å²) in [6, 6.07) is 3.90. The number of hydrogen-bond donors (Lipinski definition) is 1. The van der Waals surface area contributed by atoms with Gasteiger partial charge in [0, 0.05) is 37.1 Å². The number of rotatable bonds is 7. The Hall–Kier alpha value is -0.970. The molecule has 90 valence electrons. The monoisotopic (exact) mass is 224 g/mol. The second-order valence-electron chi connectivity index (χ2n) is 3.36. The van der Waals surface area contributed by atoms with E-state index in [9.17, 15) is 0 Å². The van der Waals surface area contributed by atoms with Crippen molar-refractivity contribution in [1.29, 1.82) is 0 Å². The third-order valence-corrected chi connectivity index (χ3v) is 2.15. The van der Waals surface area contributed by atoms with Gasteiger partial charge in [-0.25, -0.2) is 0 Å². The van der Waals surface area contributed by atoms with Crippen LogP contribution >= 0.6 is 0 Å². The summed E-state index contributed by atoms with van der Waals surface area (Å²) in [5, 5.41) is 0. The molecule has 1 aromatic rings. The average molecular weight is 224 g/mol. The molecule has 0 aliphatic heterocycles. The smallest absolute Gasteiger partial charge is 0.183 e. The highest BCUT2D eigenvalue weighted by atomic mass is 16.7. The Bertz CT molecular complexity index is 299. The minimum absolute atomic E-state index is 0.297. The highest BCUT2D eigenvalue weighted by Crippen LogP contribution is 2.19. The van der Waals surface area contributed by atoms with Gasteiger partial charge in [-0.1, -0.05) is 0 Å². The topological polar surface area (TPSA) is 57.4 Å². The van der Waals surface area contributed by atoms with E-state index in [-0.39, 0.29) is 6.29 Å². The summed E-state index contributed by atoms with van der Waals surface area (Å²) in [7, 11) is 0. The Morgan fingerprint density at radius 3 is 2.56 bits per heavy atom. The normalized spacial score (nSPS) is 11.0. The molecule has 4 nitrogen and oxygen atoms in total. The molecule has 1 rings (SSSR count). The Morgan fingerprint density at radius 2 is 2.00 bits per heavy atom. The van der Waals surface area contributed by atoms with Crippen molar-refractivity contribution in [2.24, 2.45) is 5.73 Å². The molecule has 0 saturated carbocycles. The van der Waals surface area contributed by atoms with E-state index in [2.05, 4.69) is 4.98 Å². The van der Waals surface area contributed by atoms with Crippen LogP contribution < -0.4 is 5.73 Å². The van der Waals surface area contributed by atoms with Crippen LogP contribution in [0.4, 0.5) is 0 Å². The SMILES string of the molecule is CCOC(OCC)c1ccnc(CCN)c1. The van der Waals surface area contributed by atoms with Crippen LogP contribution in [-0.4, -0.2) is 24.7 Å². The summed E-state index contributed by atoms with van der Waals surface area (Å²) >= 11 is 0. The summed E-state index contributed by atoms with van der Waals surface area (Å²) in [6.07, 6.45) is 2.25. The molecule has 1 aromatic heterocycles. The standard InChI is InChI=1S/C12H20N2O2/c1-3-15-12(16-4-2)10-6-8-14-11(9-10)5-7-13/h6,8-9,12H,3-5,7,13H2,1-2H3. The van der Waals surface area contributed by atoms with Gasteiger partial charge in [-0.2, -0.15) is 0 Å². The fraction of sp³-hybridized carbons (Fsp3) is 0.583. The van der Waals surface area contributed by atoms with Crippen molar-refractivity contribution in [3.63, 3.8) is 0 Å². The molecule has 0 bridgehead atoms. The maximum Gasteiger partial charge on any atom is 0.183 e. The molecule has 16 heavy (non-hydrogen) atoms. The number of hydrogen-bond acceptors (Lipinski definition) is 4.